The average Bonchev–Trinajstić information content (AvgIpc) is 3.17. The van der Waals surface area contributed by atoms with Crippen LogP contribution < -0.4 is 16.2 Å². The van der Waals surface area contributed by atoms with Crippen molar-refractivity contribution in [2.24, 2.45) is 0 Å². The molecule has 8 heteroatoms. The van der Waals surface area contributed by atoms with Gasteiger partial charge in [-0.3, -0.25) is 9.59 Å². The Morgan fingerprint density at radius 1 is 1.44 bits per heavy atom. The Morgan fingerprint density at radius 3 is 3.08 bits per heavy atom. The van der Waals surface area contributed by atoms with E-state index in [1.54, 1.807) is 23.1 Å². The second-order valence-corrected chi connectivity index (χ2v) is 8.54. The highest BCUT2D eigenvalue weighted by Crippen LogP contribution is 2.34. The first-order valence-corrected chi connectivity index (χ1v) is 10.6. The summed E-state index contributed by atoms with van der Waals surface area (Å²) in [6.45, 7) is 2.65. The normalized spacial score (nSPS) is 14.6. The van der Waals surface area contributed by atoms with E-state index in [0.717, 1.165) is 29.5 Å². The highest BCUT2D eigenvalue weighted by atomic mass is 32.2. The first-order chi connectivity index (χ1) is 12.1. The molecule has 0 bridgehead atoms. The van der Waals surface area contributed by atoms with Gasteiger partial charge in [-0.15, -0.1) is 11.3 Å². The third-order valence-corrected chi connectivity index (χ3v) is 6.59. The van der Waals surface area contributed by atoms with E-state index in [1.807, 2.05) is 14.0 Å². The highest BCUT2D eigenvalue weighted by molar-refractivity contribution is 7.98. The number of fused-ring (bicyclic) bond motifs is 3. The van der Waals surface area contributed by atoms with Gasteiger partial charge in [0.2, 0.25) is 5.91 Å². The molecule has 0 radical (unpaired) electrons. The lowest BCUT2D eigenvalue weighted by molar-refractivity contribution is -0.120. The van der Waals surface area contributed by atoms with Crippen LogP contribution in [-0.2, 0) is 23.4 Å². The quantitative estimate of drug-likeness (QED) is 0.608. The van der Waals surface area contributed by atoms with Crippen molar-refractivity contribution in [3.05, 3.63) is 26.6 Å². The number of rotatable bonds is 8. The van der Waals surface area contributed by atoms with Crippen molar-refractivity contribution in [2.75, 3.05) is 19.3 Å². The van der Waals surface area contributed by atoms with E-state index >= 15 is 0 Å². The number of nitrogens with one attached hydrogen (secondary N) is 3. The first kappa shape index (κ1) is 18.4. The molecule has 3 rings (SSSR count). The fraction of sp³-hybridized carbons (Fsp3) is 0.588. The van der Waals surface area contributed by atoms with Gasteiger partial charge in [0.1, 0.15) is 10.7 Å². The molecular weight excluding hydrogens is 356 g/mol. The second-order valence-electron chi connectivity index (χ2n) is 6.35. The molecular formula is C17H24N4O2S2. The van der Waals surface area contributed by atoms with Crippen molar-refractivity contribution < 1.29 is 4.79 Å². The number of aromatic amines is 1. The Balaban J connectivity index is 1.51. The summed E-state index contributed by atoms with van der Waals surface area (Å²) >= 11 is 3.28. The number of likely N-dealkylation sites (N-methyl/N-ethyl adjacent to an activating group) is 1. The monoisotopic (exact) mass is 380 g/mol. The van der Waals surface area contributed by atoms with Crippen LogP contribution in [0.25, 0.3) is 10.2 Å². The van der Waals surface area contributed by atoms with Crippen LogP contribution in [0, 0.1) is 0 Å². The summed E-state index contributed by atoms with van der Waals surface area (Å²) in [4.78, 5) is 33.9. The number of H-pyrrole nitrogens is 1. The van der Waals surface area contributed by atoms with Gasteiger partial charge in [0.15, 0.2) is 0 Å². The van der Waals surface area contributed by atoms with E-state index in [-0.39, 0.29) is 17.5 Å². The molecule has 0 saturated heterocycles. The van der Waals surface area contributed by atoms with Crippen LogP contribution in [-0.4, -0.2) is 41.3 Å². The van der Waals surface area contributed by atoms with Crippen LogP contribution in [0.4, 0.5) is 0 Å². The number of thiophene rings is 1. The van der Waals surface area contributed by atoms with Crippen molar-refractivity contribution in [2.45, 2.75) is 44.4 Å². The Bertz CT molecular complexity index is 815. The summed E-state index contributed by atoms with van der Waals surface area (Å²) in [5.41, 5.74) is 1.19. The molecule has 1 aliphatic carbocycles. The SMILES string of the molecule is CNC(C)CNC(=O)CCSCc1nc2sc3c(c2c(=O)[nH]1)CCC3. The lowest BCUT2D eigenvalue weighted by Crippen LogP contribution is -2.37. The molecule has 136 valence electrons. The number of hydrogen-bond donors (Lipinski definition) is 3. The number of hydrogen-bond acceptors (Lipinski definition) is 6. The predicted octanol–water partition coefficient (Wildman–Crippen LogP) is 1.82. The van der Waals surface area contributed by atoms with Crippen molar-refractivity contribution in [3.63, 3.8) is 0 Å². The summed E-state index contributed by atoms with van der Waals surface area (Å²) in [5, 5.41) is 6.78. The lowest BCUT2D eigenvalue weighted by Gasteiger charge is -2.11. The summed E-state index contributed by atoms with van der Waals surface area (Å²) in [6.07, 6.45) is 3.68. The molecule has 0 aromatic carbocycles. The van der Waals surface area contributed by atoms with Crippen LogP contribution in [0.15, 0.2) is 4.79 Å². The molecule has 2 heterocycles. The second kappa shape index (κ2) is 8.33. The van der Waals surface area contributed by atoms with Crippen molar-refractivity contribution >= 4 is 39.2 Å². The highest BCUT2D eigenvalue weighted by Gasteiger charge is 2.21. The summed E-state index contributed by atoms with van der Waals surface area (Å²) in [7, 11) is 1.87. The number of thioether (sulfide) groups is 1. The minimum absolute atomic E-state index is 0.0150. The maximum atomic E-state index is 12.4. The summed E-state index contributed by atoms with van der Waals surface area (Å²) in [6, 6.07) is 0.269. The maximum Gasteiger partial charge on any atom is 0.259 e. The Labute approximate surface area is 155 Å². The molecule has 0 aliphatic heterocycles. The molecule has 3 N–H and O–H groups in total. The molecule has 1 unspecified atom stereocenters. The van der Waals surface area contributed by atoms with E-state index in [2.05, 4.69) is 20.6 Å². The predicted molar refractivity (Wildman–Crippen MR) is 105 cm³/mol. The van der Waals surface area contributed by atoms with Crippen LogP contribution in [0.5, 0.6) is 0 Å². The number of carbonyl (C=O) groups excluding carboxylic acids is 1. The van der Waals surface area contributed by atoms with Gasteiger partial charge in [-0.05, 0) is 38.8 Å². The number of carbonyl (C=O) groups is 1. The molecule has 25 heavy (non-hydrogen) atoms. The van der Waals surface area contributed by atoms with E-state index in [4.69, 9.17) is 0 Å². The zero-order valence-corrected chi connectivity index (χ0v) is 16.2. The fourth-order valence-corrected chi connectivity index (χ4v) is 4.99. The number of aromatic nitrogens is 2. The molecule has 1 amide bonds. The molecule has 1 aliphatic rings. The molecule has 2 aromatic rings. The molecule has 0 spiro atoms. The van der Waals surface area contributed by atoms with Crippen LogP contribution in [0.1, 0.15) is 36.0 Å². The van der Waals surface area contributed by atoms with Gasteiger partial charge in [0, 0.05) is 29.6 Å². The molecule has 2 aromatic heterocycles. The minimum atomic E-state index is -0.0150. The van der Waals surface area contributed by atoms with E-state index in [1.165, 1.54) is 10.4 Å². The van der Waals surface area contributed by atoms with Crippen LogP contribution >= 0.6 is 23.1 Å². The smallest absolute Gasteiger partial charge is 0.259 e. The minimum Gasteiger partial charge on any atom is -0.355 e. The Kier molecular flexibility index (Phi) is 6.14. The Morgan fingerprint density at radius 2 is 2.28 bits per heavy atom. The number of nitrogens with zero attached hydrogens (tertiary/aromatic N) is 1. The topological polar surface area (TPSA) is 86.9 Å². The van der Waals surface area contributed by atoms with E-state index < -0.39 is 0 Å². The number of aryl methyl sites for hydroxylation is 2. The van der Waals surface area contributed by atoms with Crippen molar-refractivity contribution in [3.8, 4) is 0 Å². The third kappa shape index (κ3) is 4.43. The zero-order chi connectivity index (χ0) is 17.8. The summed E-state index contributed by atoms with van der Waals surface area (Å²) < 4.78 is 0. The number of amides is 1. The van der Waals surface area contributed by atoms with E-state index in [0.29, 0.717) is 30.3 Å². The maximum absolute atomic E-state index is 12.4. The van der Waals surface area contributed by atoms with Gasteiger partial charge in [-0.25, -0.2) is 4.98 Å². The van der Waals surface area contributed by atoms with Gasteiger partial charge >= 0.3 is 0 Å². The van der Waals surface area contributed by atoms with Crippen molar-refractivity contribution in [1.29, 1.82) is 0 Å². The zero-order valence-electron chi connectivity index (χ0n) is 14.6. The average molecular weight is 381 g/mol. The largest absolute Gasteiger partial charge is 0.355 e. The van der Waals surface area contributed by atoms with Gasteiger partial charge < -0.3 is 15.6 Å². The van der Waals surface area contributed by atoms with Gasteiger partial charge in [0.25, 0.3) is 5.56 Å². The fourth-order valence-electron chi connectivity index (χ4n) is 2.91. The first-order valence-electron chi connectivity index (χ1n) is 8.63. The van der Waals surface area contributed by atoms with Gasteiger partial charge in [0.05, 0.1) is 11.1 Å². The van der Waals surface area contributed by atoms with Gasteiger partial charge in [-0.1, -0.05) is 0 Å². The molecule has 1 atom stereocenters. The third-order valence-electron chi connectivity index (χ3n) is 4.43. The Hall–Kier alpha value is -1.38. The van der Waals surface area contributed by atoms with Crippen LogP contribution in [0.3, 0.4) is 0 Å². The van der Waals surface area contributed by atoms with E-state index in [9.17, 15) is 9.59 Å². The standard InChI is InChI=1S/C17H24N4O2S2/c1-10(18-2)8-19-14(22)6-7-24-9-13-20-16(23)15-11-4-3-5-12(11)25-17(15)21-13/h10,18H,3-9H2,1-2H3,(H,19,22)(H,20,21,23). The van der Waals surface area contributed by atoms with Gasteiger partial charge in [-0.2, -0.15) is 11.8 Å². The molecule has 0 fully saturated rings. The van der Waals surface area contributed by atoms with Crippen LogP contribution in [0.2, 0.25) is 0 Å². The molecule has 6 nitrogen and oxygen atoms in total. The summed E-state index contributed by atoms with van der Waals surface area (Å²) in [5.74, 6) is 2.09. The van der Waals surface area contributed by atoms with Crippen molar-refractivity contribution in [1.82, 2.24) is 20.6 Å². The molecule has 0 saturated carbocycles. The lowest BCUT2D eigenvalue weighted by atomic mass is 10.2.